The number of thiophene rings is 2. The number of carboxylic acids is 1. The highest BCUT2D eigenvalue weighted by molar-refractivity contribution is 7.23. The summed E-state index contributed by atoms with van der Waals surface area (Å²) in [6.07, 6.45) is 9.53. The third-order valence-corrected chi connectivity index (χ3v) is 13.2. The lowest BCUT2D eigenvalue weighted by atomic mass is 9.75. The molecule has 6 heteroatoms. The number of carboxylic acid groups (broad SMARTS) is 1. The van der Waals surface area contributed by atoms with Crippen molar-refractivity contribution in [2.45, 2.75) is 44.6 Å². The lowest BCUT2D eigenvalue weighted by Gasteiger charge is -2.33. The van der Waals surface area contributed by atoms with E-state index in [2.05, 4.69) is 116 Å². The van der Waals surface area contributed by atoms with Crippen LogP contribution in [0.1, 0.15) is 65.6 Å². The third kappa shape index (κ3) is 4.72. The summed E-state index contributed by atoms with van der Waals surface area (Å²) in [6, 6.07) is 37.3. The predicted molar refractivity (Wildman–Crippen MR) is 205 cm³/mol. The molecule has 2 unspecified atom stereocenters. The topological polar surface area (TPSA) is 64.3 Å². The molecule has 4 aliphatic rings. The Morgan fingerprint density at radius 3 is 2.44 bits per heavy atom. The maximum absolute atomic E-state index is 11.4. The van der Waals surface area contributed by atoms with Gasteiger partial charge in [0, 0.05) is 42.2 Å². The smallest absolute Gasteiger partial charge is 0.346 e. The fraction of sp³-hybridized carbons (Fsp3) is 0.182. The van der Waals surface area contributed by atoms with Crippen LogP contribution in [-0.4, -0.2) is 11.1 Å². The van der Waals surface area contributed by atoms with Crippen LogP contribution >= 0.6 is 22.7 Å². The Labute approximate surface area is 300 Å². The molecule has 4 nitrogen and oxygen atoms in total. The van der Waals surface area contributed by atoms with Crippen LogP contribution in [-0.2, 0) is 10.2 Å². The van der Waals surface area contributed by atoms with Gasteiger partial charge in [-0.2, -0.15) is 5.26 Å². The fourth-order valence-corrected chi connectivity index (χ4v) is 10.7. The number of allylic oxidation sites excluding steroid dienone is 4. The van der Waals surface area contributed by atoms with Crippen molar-refractivity contribution >= 4 is 46.0 Å². The average Bonchev–Trinajstić information content (AvgIpc) is 3.93. The van der Waals surface area contributed by atoms with Crippen LogP contribution in [0.25, 0.3) is 32.5 Å². The highest BCUT2D eigenvalue weighted by Crippen LogP contribution is 2.58. The SMILES string of the molecule is CC1(C)c2ccccc2-c2ccc(C3C4C=CC(c5ccc(-c6ccc(/C=C(/C#N)C(=O)O)s6)s5)=C5CCCC(=C54)N3c3ccccc3)cc21. The summed E-state index contributed by atoms with van der Waals surface area (Å²) >= 11 is 3.29. The number of para-hydroxylation sites is 1. The molecule has 3 aliphatic carbocycles. The maximum Gasteiger partial charge on any atom is 0.346 e. The highest BCUT2D eigenvalue weighted by atomic mass is 32.1. The molecule has 0 amide bonds. The summed E-state index contributed by atoms with van der Waals surface area (Å²) in [5.74, 6) is -0.952. The minimum Gasteiger partial charge on any atom is -0.477 e. The molecular formula is C44H34N2O2S2. The fourth-order valence-electron chi connectivity index (χ4n) is 8.65. The van der Waals surface area contributed by atoms with Crippen LogP contribution in [0.15, 0.2) is 132 Å². The van der Waals surface area contributed by atoms with Crippen LogP contribution in [0.3, 0.4) is 0 Å². The number of nitriles is 1. The highest BCUT2D eigenvalue weighted by Gasteiger charge is 2.46. The Hall–Kier alpha value is -5.22. The van der Waals surface area contributed by atoms with E-state index in [1.165, 1.54) is 78.2 Å². The van der Waals surface area contributed by atoms with Crippen LogP contribution in [0, 0.1) is 17.2 Å². The maximum atomic E-state index is 11.4. The van der Waals surface area contributed by atoms with E-state index < -0.39 is 5.97 Å². The zero-order valence-corrected chi connectivity index (χ0v) is 29.4. The second-order valence-corrected chi connectivity index (χ2v) is 16.2. The first-order valence-corrected chi connectivity index (χ1v) is 18.8. The number of hydrogen-bond donors (Lipinski definition) is 1. The minimum atomic E-state index is -1.21. The van der Waals surface area contributed by atoms with E-state index in [1.807, 2.05) is 12.1 Å². The molecule has 0 radical (unpaired) electrons. The van der Waals surface area contributed by atoms with Crippen molar-refractivity contribution in [1.29, 1.82) is 5.26 Å². The van der Waals surface area contributed by atoms with Gasteiger partial charge in [0.25, 0.3) is 0 Å². The van der Waals surface area contributed by atoms with E-state index >= 15 is 0 Å². The predicted octanol–water partition coefficient (Wildman–Crippen LogP) is 11.4. The van der Waals surface area contributed by atoms with Gasteiger partial charge in [0.15, 0.2) is 0 Å². The van der Waals surface area contributed by atoms with Crippen molar-refractivity contribution in [1.82, 2.24) is 0 Å². The van der Waals surface area contributed by atoms with Gasteiger partial charge in [-0.15, -0.1) is 22.7 Å². The molecule has 0 saturated heterocycles. The Morgan fingerprint density at radius 2 is 1.62 bits per heavy atom. The van der Waals surface area contributed by atoms with E-state index in [0.29, 0.717) is 0 Å². The van der Waals surface area contributed by atoms with Crippen molar-refractivity contribution in [3.63, 3.8) is 0 Å². The molecule has 2 atom stereocenters. The van der Waals surface area contributed by atoms with Crippen molar-refractivity contribution in [2.75, 3.05) is 4.90 Å². The van der Waals surface area contributed by atoms with Gasteiger partial charge < -0.3 is 10.0 Å². The first-order valence-electron chi connectivity index (χ1n) is 17.1. The van der Waals surface area contributed by atoms with Crippen LogP contribution in [0.2, 0.25) is 0 Å². The molecule has 50 heavy (non-hydrogen) atoms. The molecular weight excluding hydrogens is 653 g/mol. The Kier molecular flexibility index (Phi) is 7.20. The van der Waals surface area contributed by atoms with Gasteiger partial charge in [-0.3, -0.25) is 0 Å². The summed E-state index contributed by atoms with van der Waals surface area (Å²) in [7, 11) is 0. The summed E-state index contributed by atoms with van der Waals surface area (Å²) in [6.45, 7) is 4.73. The van der Waals surface area contributed by atoms with E-state index in [4.69, 9.17) is 0 Å². The largest absolute Gasteiger partial charge is 0.477 e. The van der Waals surface area contributed by atoms with Gasteiger partial charge >= 0.3 is 5.97 Å². The van der Waals surface area contributed by atoms with E-state index in [9.17, 15) is 15.2 Å². The minimum absolute atomic E-state index is 0.0590. The lowest BCUT2D eigenvalue weighted by Crippen LogP contribution is -2.27. The summed E-state index contributed by atoms with van der Waals surface area (Å²) in [4.78, 5) is 18.2. The monoisotopic (exact) mass is 686 g/mol. The number of carbonyl (C=O) groups is 1. The normalized spacial score (nSPS) is 20.1. The molecule has 3 aromatic carbocycles. The van der Waals surface area contributed by atoms with Gasteiger partial charge in [0.2, 0.25) is 0 Å². The second kappa shape index (κ2) is 11.7. The third-order valence-electron chi connectivity index (χ3n) is 10.9. The van der Waals surface area contributed by atoms with Crippen molar-refractivity contribution in [2.24, 2.45) is 5.92 Å². The molecule has 9 rings (SSSR count). The molecule has 2 aromatic heterocycles. The quantitative estimate of drug-likeness (QED) is 0.143. The van der Waals surface area contributed by atoms with Gasteiger partial charge in [0.1, 0.15) is 11.6 Å². The molecule has 0 fully saturated rings. The molecule has 0 saturated carbocycles. The van der Waals surface area contributed by atoms with Gasteiger partial charge in [-0.05, 0) is 106 Å². The van der Waals surface area contributed by atoms with Gasteiger partial charge in [-0.1, -0.05) is 86.7 Å². The van der Waals surface area contributed by atoms with Crippen LogP contribution < -0.4 is 4.90 Å². The number of benzene rings is 3. The number of aliphatic carboxylic acids is 1. The summed E-state index contributed by atoms with van der Waals surface area (Å²) in [5.41, 5.74) is 13.6. The van der Waals surface area contributed by atoms with Gasteiger partial charge in [-0.25, -0.2) is 4.79 Å². The Bertz CT molecular complexity index is 2390. The molecule has 0 bridgehead atoms. The molecule has 1 N–H and O–H groups in total. The lowest BCUT2D eigenvalue weighted by molar-refractivity contribution is -0.132. The van der Waals surface area contributed by atoms with Crippen molar-refractivity contribution in [3.05, 3.63) is 158 Å². The number of nitrogens with zero attached hydrogens (tertiary/aromatic N) is 2. The van der Waals surface area contributed by atoms with E-state index in [0.717, 1.165) is 33.9 Å². The summed E-state index contributed by atoms with van der Waals surface area (Å²) in [5, 5.41) is 18.5. The number of fused-ring (bicyclic) bond motifs is 3. The molecule has 3 heterocycles. The van der Waals surface area contributed by atoms with E-state index in [1.54, 1.807) is 17.4 Å². The van der Waals surface area contributed by atoms with Gasteiger partial charge in [0.05, 0.1) is 6.04 Å². The first kappa shape index (κ1) is 30.8. The molecule has 244 valence electrons. The number of anilines is 1. The van der Waals surface area contributed by atoms with Crippen LogP contribution in [0.4, 0.5) is 5.69 Å². The molecule has 0 spiro atoms. The van der Waals surface area contributed by atoms with E-state index in [-0.39, 0.29) is 22.9 Å². The van der Waals surface area contributed by atoms with Crippen molar-refractivity contribution in [3.8, 4) is 27.0 Å². The average molecular weight is 687 g/mol. The standard InChI is InChI=1S/C44H34N2O2S2/c1-44(2)35-13-7-6-11-30(35)31-17-15-26(24-36(31)44)42-34-19-18-32(33-12-8-14-37(41(33)34)46(42)28-9-4-3-5-10-28)38-21-22-40(50-38)39-20-16-29(49-39)23-27(25-45)43(47)48/h3-7,9-11,13,15-24,34,42H,8,12,14H2,1-2H3,(H,47,48)/b27-23-. The zero-order valence-electron chi connectivity index (χ0n) is 27.8. The first-order chi connectivity index (χ1) is 24.3. The zero-order chi connectivity index (χ0) is 34.1. The van der Waals surface area contributed by atoms with Crippen LogP contribution in [0.5, 0.6) is 0 Å². The Morgan fingerprint density at radius 1 is 0.880 bits per heavy atom. The molecule has 1 aliphatic heterocycles. The Balaban J connectivity index is 1.12. The second-order valence-electron chi connectivity index (χ2n) is 14.0. The number of hydrogen-bond acceptors (Lipinski definition) is 5. The summed E-state index contributed by atoms with van der Waals surface area (Å²) < 4.78 is 0. The van der Waals surface area contributed by atoms with Crippen molar-refractivity contribution < 1.29 is 9.90 Å². The number of rotatable bonds is 6. The molecule has 5 aromatic rings.